The van der Waals surface area contributed by atoms with Crippen molar-refractivity contribution in [2.45, 2.75) is 96.6 Å². The van der Waals surface area contributed by atoms with Crippen molar-refractivity contribution in [3.05, 3.63) is 40.6 Å². The molecule has 44 heavy (non-hydrogen) atoms. The van der Waals surface area contributed by atoms with Crippen LogP contribution in [0.4, 0.5) is 5.69 Å². The number of esters is 2. The summed E-state index contributed by atoms with van der Waals surface area (Å²) in [6.45, 7) is 4.61. The van der Waals surface area contributed by atoms with Gasteiger partial charge in [-0.1, -0.05) is 25.5 Å². The maximum Gasteiger partial charge on any atom is 0.328 e. The number of rotatable bonds is 9. The Labute approximate surface area is 257 Å². The number of nitrogens with one attached hydrogen (secondary N) is 2. The Morgan fingerprint density at radius 1 is 1.09 bits per heavy atom. The van der Waals surface area contributed by atoms with Gasteiger partial charge in [0.15, 0.2) is 11.5 Å². The summed E-state index contributed by atoms with van der Waals surface area (Å²) in [5.74, 6) is -0.288. The lowest BCUT2D eigenvalue weighted by molar-refractivity contribution is -0.991. The standard InChI is InChI=1S/C33H44N2O9/c1-32-14-12-21(36)18-20(32)5-6-22-23-7-9-28(33(23,2)15-13-24(22)32)44-30(39)11-10-29(38)34-25(31(40)43-3)16-19-4-8-27(37)26(17-19)35(41)42/h4,8,17-18,22-25,28,35,37,41H,5-7,9-16H2,1-3H3,(H,34,38)/t22?,23?,24?,25?,28?,32-,33-/m0/s1. The number of amides is 1. The van der Waals surface area contributed by atoms with E-state index in [2.05, 4.69) is 19.2 Å². The van der Waals surface area contributed by atoms with Gasteiger partial charge in [-0.15, -0.1) is 0 Å². The molecule has 0 aliphatic heterocycles. The molecule has 0 bridgehead atoms. The predicted octanol–water partition coefficient (Wildman–Crippen LogP) is 3.22. The summed E-state index contributed by atoms with van der Waals surface area (Å²) < 4.78 is 10.8. The summed E-state index contributed by atoms with van der Waals surface area (Å²) in [5, 5.41) is 31.6. The lowest BCUT2D eigenvalue weighted by Crippen LogP contribution is -2.99. The third-order valence-corrected chi connectivity index (χ3v) is 11.3. The molecule has 5 rings (SSSR count). The van der Waals surface area contributed by atoms with Crippen LogP contribution in [-0.4, -0.2) is 53.2 Å². The van der Waals surface area contributed by atoms with Crippen molar-refractivity contribution in [1.82, 2.24) is 5.32 Å². The molecule has 4 aliphatic carbocycles. The maximum atomic E-state index is 13.0. The van der Waals surface area contributed by atoms with Crippen LogP contribution in [0.25, 0.3) is 0 Å². The van der Waals surface area contributed by atoms with E-state index in [-0.39, 0.29) is 47.7 Å². The monoisotopic (exact) mass is 612 g/mol. The molecule has 6 unspecified atom stereocenters. The molecule has 0 saturated heterocycles. The number of carbonyl (C=O) groups excluding carboxylic acids is 4. The van der Waals surface area contributed by atoms with Crippen LogP contribution in [-0.2, 0) is 35.1 Å². The number of hydrogen-bond donors (Lipinski definition) is 4. The van der Waals surface area contributed by atoms with E-state index in [0.29, 0.717) is 29.7 Å². The number of carbonyl (C=O) groups is 4. The van der Waals surface area contributed by atoms with E-state index in [0.717, 1.165) is 44.9 Å². The van der Waals surface area contributed by atoms with Gasteiger partial charge < -0.3 is 25.1 Å². The van der Waals surface area contributed by atoms with E-state index >= 15 is 0 Å². The summed E-state index contributed by atoms with van der Waals surface area (Å²) in [4.78, 5) is 50.2. The molecule has 1 amide bonds. The number of methoxy groups -OCH3 is 1. The van der Waals surface area contributed by atoms with E-state index in [1.54, 1.807) is 0 Å². The van der Waals surface area contributed by atoms with Crippen LogP contribution in [0.2, 0.25) is 0 Å². The molecule has 3 saturated carbocycles. The largest absolute Gasteiger partial charge is 0.595 e. The molecule has 11 nitrogen and oxygen atoms in total. The maximum absolute atomic E-state index is 13.0. The topological polar surface area (TPSA) is 167 Å². The molecule has 240 valence electrons. The second-order valence-electron chi connectivity index (χ2n) is 13.6. The minimum Gasteiger partial charge on any atom is -0.595 e. The van der Waals surface area contributed by atoms with Gasteiger partial charge in [0.05, 0.1) is 13.5 Å². The third-order valence-electron chi connectivity index (χ3n) is 11.3. The first-order chi connectivity index (χ1) is 20.9. The van der Waals surface area contributed by atoms with Gasteiger partial charge in [0, 0.05) is 30.7 Å². The van der Waals surface area contributed by atoms with Crippen molar-refractivity contribution < 1.29 is 44.2 Å². The SMILES string of the molecule is COC(=O)C(Cc1ccc(O)c([NH+]([O-])O)c1)NC(=O)CCC(=O)OC1CCC2C3CCC4=CC(=O)CC[C@]4(C)C3CC[C@]12C. The van der Waals surface area contributed by atoms with Crippen molar-refractivity contribution in [2.24, 2.45) is 28.6 Å². The van der Waals surface area contributed by atoms with Crippen LogP contribution >= 0.6 is 0 Å². The van der Waals surface area contributed by atoms with Crippen LogP contribution in [0, 0.1) is 33.8 Å². The highest BCUT2D eigenvalue weighted by atomic mass is 16.8. The van der Waals surface area contributed by atoms with Crippen LogP contribution in [0.15, 0.2) is 29.8 Å². The van der Waals surface area contributed by atoms with Gasteiger partial charge >= 0.3 is 11.9 Å². The van der Waals surface area contributed by atoms with E-state index in [4.69, 9.17) is 9.47 Å². The van der Waals surface area contributed by atoms with E-state index < -0.39 is 34.9 Å². The van der Waals surface area contributed by atoms with Gasteiger partial charge in [-0.25, -0.2) is 10.0 Å². The number of allylic oxidation sites excluding steroid dienone is 1. The number of aromatic hydroxyl groups is 1. The minimum absolute atomic E-state index is 0.0555. The Balaban J connectivity index is 1.15. The number of ketones is 1. The molecule has 11 heteroatoms. The fourth-order valence-electron chi connectivity index (χ4n) is 8.86. The van der Waals surface area contributed by atoms with E-state index in [1.807, 2.05) is 6.08 Å². The highest BCUT2D eigenvalue weighted by Gasteiger charge is 2.60. The van der Waals surface area contributed by atoms with E-state index in [9.17, 15) is 34.7 Å². The molecule has 4 aliphatic rings. The number of hydrogen-bond acceptors (Lipinski definition) is 9. The van der Waals surface area contributed by atoms with Gasteiger partial charge in [0.25, 0.3) is 0 Å². The lowest BCUT2D eigenvalue weighted by Gasteiger charge is -2.57. The number of fused-ring (bicyclic) bond motifs is 5. The Morgan fingerprint density at radius 2 is 1.86 bits per heavy atom. The second kappa shape index (κ2) is 12.6. The fourth-order valence-corrected chi connectivity index (χ4v) is 8.86. The van der Waals surface area contributed by atoms with E-state index in [1.165, 1.54) is 30.9 Å². The highest BCUT2D eigenvalue weighted by Crippen LogP contribution is 2.65. The highest BCUT2D eigenvalue weighted by molar-refractivity contribution is 5.91. The first-order valence-electron chi connectivity index (χ1n) is 15.7. The van der Waals surface area contributed by atoms with Gasteiger partial charge in [-0.2, -0.15) is 5.23 Å². The summed E-state index contributed by atoms with van der Waals surface area (Å²) in [6.07, 6.45) is 8.77. The summed E-state index contributed by atoms with van der Waals surface area (Å²) >= 11 is 0. The predicted molar refractivity (Wildman–Crippen MR) is 157 cm³/mol. The third kappa shape index (κ3) is 6.14. The Bertz CT molecular complexity index is 1340. The molecule has 3 fully saturated rings. The van der Waals surface area contributed by atoms with Crippen molar-refractivity contribution in [1.29, 1.82) is 0 Å². The zero-order valence-corrected chi connectivity index (χ0v) is 25.7. The van der Waals surface area contributed by atoms with Crippen LogP contribution in [0.1, 0.15) is 83.6 Å². The summed E-state index contributed by atoms with van der Waals surface area (Å²) in [5.41, 5.74) is 1.39. The number of ether oxygens (including phenoxy) is 2. The van der Waals surface area contributed by atoms with Crippen LogP contribution < -0.4 is 10.5 Å². The number of benzene rings is 1. The number of phenols is 1. The Hall–Kier alpha value is -3.28. The van der Waals surface area contributed by atoms with Crippen molar-refractivity contribution >= 4 is 29.3 Å². The van der Waals surface area contributed by atoms with Gasteiger partial charge in [0.2, 0.25) is 11.6 Å². The van der Waals surface area contributed by atoms with Crippen molar-refractivity contribution in [3.63, 3.8) is 0 Å². The smallest absolute Gasteiger partial charge is 0.328 e. The first-order valence-corrected chi connectivity index (χ1v) is 15.7. The molecular formula is C33H44N2O9. The zero-order chi connectivity index (χ0) is 31.8. The Kier molecular flexibility index (Phi) is 9.21. The molecule has 0 heterocycles. The molecule has 4 N–H and O–H groups in total. The van der Waals surface area contributed by atoms with Crippen LogP contribution in [0.5, 0.6) is 5.75 Å². The quantitative estimate of drug-likeness (QED) is 0.186. The minimum atomic E-state index is -1.32. The average Bonchev–Trinajstić information content (AvgIpc) is 3.32. The molecule has 0 radical (unpaired) electrons. The summed E-state index contributed by atoms with van der Waals surface area (Å²) in [6, 6.07) is 2.81. The molecular weight excluding hydrogens is 568 g/mol. The Morgan fingerprint density at radius 3 is 2.59 bits per heavy atom. The summed E-state index contributed by atoms with van der Waals surface area (Å²) in [7, 11) is 1.18. The van der Waals surface area contributed by atoms with Gasteiger partial charge in [-0.05, 0) is 85.8 Å². The van der Waals surface area contributed by atoms with Crippen molar-refractivity contribution in [2.75, 3.05) is 7.11 Å². The van der Waals surface area contributed by atoms with Gasteiger partial charge in [-0.3, -0.25) is 14.4 Å². The van der Waals surface area contributed by atoms with Crippen molar-refractivity contribution in [3.8, 4) is 5.75 Å². The normalized spacial score (nSPS) is 32.3. The molecule has 0 aromatic heterocycles. The zero-order valence-electron chi connectivity index (χ0n) is 25.7. The number of quaternary nitrogens is 1. The molecule has 0 spiro atoms. The lowest BCUT2D eigenvalue weighted by atomic mass is 9.47. The second-order valence-corrected chi connectivity index (χ2v) is 13.6. The molecule has 8 atom stereocenters. The molecule has 1 aromatic carbocycles. The first kappa shape index (κ1) is 32.1. The van der Waals surface area contributed by atoms with Gasteiger partial charge in [0.1, 0.15) is 12.1 Å². The number of phenolic OH excluding ortho intramolecular Hbond substituents is 1. The molecule has 1 aromatic rings. The fraction of sp³-hybridized carbons (Fsp3) is 0.636. The average molecular weight is 613 g/mol. The van der Waals surface area contributed by atoms with Crippen LogP contribution in [0.3, 0.4) is 0 Å².